The fourth-order valence-corrected chi connectivity index (χ4v) is 3.22. The maximum absolute atomic E-state index is 12.9. The molecule has 0 bridgehead atoms. The van der Waals surface area contributed by atoms with Crippen LogP contribution < -0.4 is 10.0 Å². The van der Waals surface area contributed by atoms with Crippen molar-refractivity contribution in [3.63, 3.8) is 0 Å². The van der Waals surface area contributed by atoms with Gasteiger partial charge in [0.15, 0.2) is 6.20 Å². The lowest BCUT2D eigenvalue weighted by Crippen LogP contribution is -2.25. The molecule has 0 aliphatic heterocycles. The zero-order valence-corrected chi connectivity index (χ0v) is 15.7. The summed E-state index contributed by atoms with van der Waals surface area (Å²) in [5.41, 5.74) is 3.26. The van der Waals surface area contributed by atoms with Crippen LogP contribution in [0.15, 0.2) is 83.6 Å². The molecule has 2 aromatic heterocycles. The number of rotatable bonds is 3. The van der Waals surface area contributed by atoms with Crippen LogP contribution in [0.5, 0.6) is 0 Å². The zero-order valence-electron chi connectivity index (χ0n) is 14.1. The number of aromatic nitrogens is 2. The second kappa shape index (κ2) is 7.17. The minimum absolute atomic E-state index is 0.298. The minimum Gasteiger partial charge on any atom is -0.619 e. The Kier molecular flexibility index (Phi) is 4.56. The number of anilines is 1. The van der Waals surface area contributed by atoms with Crippen molar-refractivity contribution in [3.8, 4) is 11.3 Å². The average Bonchev–Trinajstić information content (AvgIpc) is 2.67. The van der Waals surface area contributed by atoms with E-state index in [1.165, 1.54) is 12.4 Å². The first-order valence-corrected chi connectivity index (χ1v) is 9.05. The second-order valence-electron chi connectivity index (χ2n) is 5.99. The summed E-state index contributed by atoms with van der Waals surface area (Å²) in [6, 6.07) is 20.3. The SMILES string of the molecule is O=C(Nc1ccc[n+]([O-])c1)c1cc(-c2ccccc2)nc2cc(Br)ccc12. The number of carbonyl (C=O) groups excluding carboxylic acids is 1. The summed E-state index contributed by atoms with van der Waals surface area (Å²) in [4.78, 5) is 17.7. The molecule has 4 aromatic rings. The Morgan fingerprint density at radius 3 is 2.63 bits per heavy atom. The number of hydrogen-bond acceptors (Lipinski definition) is 3. The highest BCUT2D eigenvalue weighted by molar-refractivity contribution is 9.10. The van der Waals surface area contributed by atoms with Crippen LogP contribution in [-0.2, 0) is 0 Å². The number of nitrogens with zero attached hydrogens (tertiary/aromatic N) is 2. The molecule has 0 radical (unpaired) electrons. The molecule has 0 saturated heterocycles. The average molecular weight is 420 g/mol. The molecule has 4 rings (SSSR count). The van der Waals surface area contributed by atoms with E-state index in [-0.39, 0.29) is 5.91 Å². The van der Waals surface area contributed by atoms with Crippen LogP contribution in [0.4, 0.5) is 5.69 Å². The summed E-state index contributed by atoms with van der Waals surface area (Å²) in [5.74, 6) is -0.298. The monoisotopic (exact) mass is 419 g/mol. The van der Waals surface area contributed by atoms with Crippen molar-refractivity contribution in [1.82, 2.24) is 4.98 Å². The molecular weight excluding hydrogens is 406 g/mol. The van der Waals surface area contributed by atoms with E-state index in [0.717, 1.165) is 15.4 Å². The van der Waals surface area contributed by atoms with E-state index in [1.807, 2.05) is 48.5 Å². The number of benzene rings is 2. The highest BCUT2D eigenvalue weighted by atomic mass is 79.9. The smallest absolute Gasteiger partial charge is 0.256 e. The van der Waals surface area contributed by atoms with Gasteiger partial charge in [0.1, 0.15) is 5.69 Å². The first kappa shape index (κ1) is 17.2. The fraction of sp³-hybridized carbons (Fsp3) is 0. The van der Waals surface area contributed by atoms with Crippen LogP contribution in [0, 0.1) is 5.21 Å². The van der Waals surface area contributed by atoms with Gasteiger partial charge in [-0.3, -0.25) is 4.79 Å². The van der Waals surface area contributed by atoms with Gasteiger partial charge in [0.05, 0.1) is 16.8 Å². The summed E-state index contributed by atoms with van der Waals surface area (Å²) in [5, 5.41) is 15.0. The van der Waals surface area contributed by atoms with E-state index in [9.17, 15) is 10.0 Å². The third-order valence-electron chi connectivity index (χ3n) is 4.12. The van der Waals surface area contributed by atoms with Crippen molar-refractivity contribution in [3.05, 3.63) is 94.4 Å². The van der Waals surface area contributed by atoms with Gasteiger partial charge in [0.25, 0.3) is 5.91 Å². The summed E-state index contributed by atoms with van der Waals surface area (Å²) < 4.78 is 1.53. The fourth-order valence-electron chi connectivity index (χ4n) is 2.87. The predicted octanol–water partition coefficient (Wildman–Crippen LogP) is 4.55. The molecule has 1 amide bonds. The van der Waals surface area contributed by atoms with Gasteiger partial charge in [0, 0.05) is 21.5 Å². The Balaban J connectivity index is 1.84. The third-order valence-corrected chi connectivity index (χ3v) is 4.61. The summed E-state index contributed by atoms with van der Waals surface area (Å²) >= 11 is 3.46. The highest BCUT2D eigenvalue weighted by Crippen LogP contribution is 2.27. The van der Waals surface area contributed by atoms with Crippen LogP contribution >= 0.6 is 15.9 Å². The molecule has 0 saturated carbocycles. The van der Waals surface area contributed by atoms with E-state index in [1.54, 1.807) is 18.2 Å². The Labute approximate surface area is 164 Å². The molecule has 6 heteroatoms. The van der Waals surface area contributed by atoms with E-state index in [0.29, 0.717) is 27.2 Å². The molecule has 2 aromatic carbocycles. The number of hydrogen-bond donors (Lipinski definition) is 1. The largest absolute Gasteiger partial charge is 0.619 e. The normalized spacial score (nSPS) is 10.7. The lowest BCUT2D eigenvalue weighted by atomic mass is 10.0. The van der Waals surface area contributed by atoms with E-state index < -0.39 is 0 Å². The predicted molar refractivity (Wildman–Crippen MR) is 108 cm³/mol. The number of carbonyl (C=O) groups is 1. The molecule has 5 nitrogen and oxygen atoms in total. The van der Waals surface area contributed by atoms with Crippen LogP contribution in [-0.4, -0.2) is 10.9 Å². The minimum atomic E-state index is -0.298. The second-order valence-corrected chi connectivity index (χ2v) is 6.90. The molecule has 27 heavy (non-hydrogen) atoms. The first-order valence-electron chi connectivity index (χ1n) is 8.26. The highest BCUT2D eigenvalue weighted by Gasteiger charge is 2.15. The standard InChI is InChI=1S/C21H14BrN3O2/c22-15-8-9-17-18(21(26)23-16-7-4-10-25(27)13-16)12-19(24-20(17)11-15)14-5-2-1-3-6-14/h1-13H,(H,23,26). The Hall–Kier alpha value is -3.25. The van der Waals surface area contributed by atoms with Gasteiger partial charge in [-0.25, -0.2) is 4.98 Å². The van der Waals surface area contributed by atoms with Gasteiger partial charge in [-0.1, -0.05) is 52.3 Å². The molecule has 0 aliphatic rings. The molecule has 0 fully saturated rings. The quantitative estimate of drug-likeness (QED) is 0.391. The van der Waals surface area contributed by atoms with Crippen LogP contribution in [0.1, 0.15) is 10.4 Å². The number of nitrogens with one attached hydrogen (secondary N) is 1. The molecule has 0 atom stereocenters. The molecule has 2 heterocycles. The van der Waals surface area contributed by atoms with Gasteiger partial charge in [-0.05, 0) is 24.3 Å². The van der Waals surface area contributed by atoms with Crippen LogP contribution in [0.3, 0.4) is 0 Å². The summed E-state index contributed by atoms with van der Waals surface area (Å²) in [7, 11) is 0. The Bertz CT molecular complexity index is 1150. The zero-order chi connectivity index (χ0) is 18.8. The third kappa shape index (κ3) is 3.66. The van der Waals surface area contributed by atoms with Gasteiger partial charge in [-0.15, -0.1) is 0 Å². The van der Waals surface area contributed by atoms with Gasteiger partial charge in [-0.2, -0.15) is 4.73 Å². The van der Waals surface area contributed by atoms with Crippen molar-refractivity contribution >= 4 is 38.4 Å². The number of pyridine rings is 2. The summed E-state index contributed by atoms with van der Waals surface area (Å²) in [6.07, 6.45) is 2.68. The van der Waals surface area contributed by atoms with Gasteiger partial charge in [0.2, 0.25) is 6.20 Å². The molecule has 132 valence electrons. The number of amides is 1. The first-order chi connectivity index (χ1) is 13.1. The number of fused-ring (bicyclic) bond motifs is 1. The van der Waals surface area contributed by atoms with Gasteiger partial charge >= 0.3 is 0 Å². The Morgan fingerprint density at radius 2 is 1.85 bits per heavy atom. The molecule has 1 N–H and O–H groups in total. The number of halogens is 1. The topological polar surface area (TPSA) is 68.9 Å². The lowest BCUT2D eigenvalue weighted by Gasteiger charge is -2.11. The van der Waals surface area contributed by atoms with E-state index in [4.69, 9.17) is 4.98 Å². The van der Waals surface area contributed by atoms with E-state index >= 15 is 0 Å². The van der Waals surface area contributed by atoms with Gasteiger partial charge < -0.3 is 10.5 Å². The van der Waals surface area contributed by atoms with Crippen molar-refractivity contribution in [2.24, 2.45) is 0 Å². The molecule has 0 aliphatic carbocycles. The van der Waals surface area contributed by atoms with Crippen LogP contribution in [0.25, 0.3) is 22.2 Å². The van der Waals surface area contributed by atoms with Crippen molar-refractivity contribution < 1.29 is 9.52 Å². The molecular formula is C21H14BrN3O2. The van der Waals surface area contributed by atoms with E-state index in [2.05, 4.69) is 21.2 Å². The van der Waals surface area contributed by atoms with Crippen molar-refractivity contribution in [2.75, 3.05) is 5.32 Å². The Morgan fingerprint density at radius 1 is 1.04 bits per heavy atom. The molecule has 0 unspecified atom stereocenters. The summed E-state index contributed by atoms with van der Waals surface area (Å²) in [6.45, 7) is 0. The maximum atomic E-state index is 12.9. The molecule has 0 spiro atoms. The van der Waals surface area contributed by atoms with Crippen LogP contribution in [0.2, 0.25) is 0 Å². The van der Waals surface area contributed by atoms with Crippen molar-refractivity contribution in [2.45, 2.75) is 0 Å². The van der Waals surface area contributed by atoms with Crippen molar-refractivity contribution in [1.29, 1.82) is 0 Å². The maximum Gasteiger partial charge on any atom is 0.256 e. The lowest BCUT2D eigenvalue weighted by molar-refractivity contribution is -0.604.